The summed E-state index contributed by atoms with van der Waals surface area (Å²) in [5.74, 6) is 1.64. The molecular formula is C31H29N9O5S. The van der Waals surface area contributed by atoms with Gasteiger partial charge in [-0.2, -0.15) is 10.2 Å². The first-order chi connectivity index (χ1) is 22.4. The van der Waals surface area contributed by atoms with Crippen molar-refractivity contribution in [1.29, 1.82) is 0 Å². The van der Waals surface area contributed by atoms with Gasteiger partial charge in [0.15, 0.2) is 6.61 Å². The van der Waals surface area contributed by atoms with Crippen molar-refractivity contribution in [2.45, 2.75) is 24.0 Å². The van der Waals surface area contributed by atoms with E-state index in [0.717, 1.165) is 16.7 Å². The van der Waals surface area contributed by atoms with E-state index in [4.69, 9.17) is 9.26 Å². The lowest BCUT2D eigenvalue weighted by Crippen LogP contribution is -2.23. The highest BCUT2D eigenvalue weighted by Crippen LogP contribution is 2.23. The Morgan fingerprint density at radius 3 is 2.41 bits per heavy atom. The minimum Gasteiger partial charge on any atom is -0.484 e. The molecule has 1 atom stereocenters. The number of hydrogen-bond donors (Lipinski definition) is 4. The van der Waals surface area contributed by atoms with Gasteiger partial charge < -0.3 is 19.7 Å². The zero-order chi connectivity index (χ0) is 31.8. The van der Waals surface area contributed by atoms with Crippen LogP contribution < -0.4 is 14.8 Å². The van der Waals surface area contributed by atoms with Gasteiger partial charge in [0.1, 0.15) is 5.75 Å². The summed E-state index contributed by atoms with van der Waals surface area (Å²) >= 11 is 0. The van der Waals surface area contributed by atoms with Crippen LogP contribution in [0.15, 0.2) is 107 Å². The number of aliphatic hydroxyl groups is 1. The zero-order valence-corrected chi connectivity index (χ0v) is 25.1. The minimum absolute atomic E-state index is 0.0511. The normalized spacial score (nSPS) is 12.1. The van der Waals surface area contributed by atoms with Crippen molar-refractivity contribution >= 4 is 15.7 Å². The summed E-state index contributed by atoms with van der Waals surface area (Å²) in [7, 11) is -3.83. The summed E-state index contributed by atoms with van der Waals surface area (Å²) in [4.78, 5) is 8.46. The molecule has 3 heterocycles. The molecule has 3 aromatic heterocycles. The van der Waals surface area contributed by atoms with E-state index < -0.39 is 16.1 Å². The molecule has 0 aliphatic heterocycles. The van der Waals surface area contributed by atoms with Crippen LogP contribution in [0.3, 0.4) is 0 Å². The number of pyridine rings is 1. The first-order valence-electron chi connectivity index (χ1n) is 14.2. The molecular weight excluding hydrogens is 610 g/mol. The van der Waals surface area contributed by atoms with Gasteiger partial charge in [0.25, 0.3) is 15.9 Å². The molecule has 0 aliphatic carbocycles. The molecule has 4 N–H and O–H groups in total. The van der Waals surface area contributed by atoms with Gasteiger partial charge in [-0.05, 0) is 90.5 Å². The first kappa shape index (κ1) is 30.5. The number of benzene rings is 3. The molecule has 0 fully saturated rings. The Kier molecular flexibility index (Phi) is 9.33. The Hall–Kier alpha value is -5.51. The third-order valence-corrected chi connectivity index (χ3v) is 8.31. The van der Waals surface area contributed by atoms with Crippen LogP contribution >= 0.6 is 0 Å². The fourth-order valence-electron chi connectivity index (χ4n) is 4.46. The predicted octanol–water partition coefficient (Wildman–Crippen LogP) is 3.56. The van der Waals surface area contributed by atoms with Gasteiger partial charge in [-0.1, -0.05) is 23.4 Å². The van der Waals surface area contributed by atoms with Crippen LogP contribution in [0.2, 0.25) is 0 Å². The maximum atomic E-state index is 13.0. The Labute approximate surface area is 263 Å². The second-order valence-corrected chi connectivity index (χ2v) is 11.8. The summed E-state index contributed by atoms with van der Waals surface area (Å²) in [5, 5.41) is 31.3. The molecule has 0 spiro atoms. The lowest BCUT2D eigenvalue weighted by molar-refractivity contribution is 0.174. The lowest BCUT2D eigenvalue weighted by atomic mass is 10.1. The molecule has 0 radical (unpaired) electrons. The number of rotatable bonds is 14. The molecule has 14 nitrogen and oxygen atoms in total. The number of hydrogen-bond acceptors (Lipinski definition) is 12. The van der Waals surface area contributed by atoms with Crippen molar-refractivity contribution in [3.63, 3.8) is 0 Å². The third-order valence-electron chi connectivity index (χ3n) is 6.91. The number of nitrogens with one attached hydrogen (secondary N) is 3. The lowest BCUT2D eigenvalue weighted by Gasteiger charge is -2.12. The molecule has 0 amide bonds. The Bertz CT molecular complexity index is 1940. The van der Waals surface area contributed by atoms with Crippen LogP contribution in [-0.2, 0) is 23.1 Å². The molecule has 46 heavy (non-hydrogen) atoms. The van der Waals surface area contributed by atoms with Crippen LogP contribution in [-0.4, -0.2) is 62.4 Å². The molecule has 0 saturated heterocycles. The summed E-state index contributed by atoms with van der Waals surface area (Å²) < 4.78 is 39.7. The van der Waals surface area contributed by atoms with E-state index in [-0.39, 0.29) is 17.4 Å². The molecule has 15 heteroatoms. The maximum absolute atomic E-state index is 13.0. The number of tetrazole rings is 1. The average molecular weight is 640 g/mol. The van der Waals surface area contributed by atoms with E-state index in [1.807, 2.05) is 18.2 Å². The second-order valence-electron chi connectivity index (χ2n) is 10.1. The van der Waals surface area contributed by atoms with Crippen LogP contribution in [0.5, 0.6) is 5.75 Å². The maximum Gasteiger partial charge on any atom is 0.264 e. The van der Waals surface area contributed by atoms with Crippen molar-refractivity contribution in [3.05, 3.63) is 114 Å². The standard InChI is InChI=1S/C31H29N9O5S/c41-28(24-2-1-16-32-18-24)19-33-17-15-21-3-9-25(10-4-21)38-46(42,43)27-13-7-22(8-14-27)30-34-29(45-37-30)20-44-26-11-5-23(6-12-26)31-35-39-40-36-31/h1-14,16,18,28,33,38,41H,15,17,19-20H2,(H,35,36,39,40). The fourth-order valence-corrected chi connectivity index (χ4v) is 5.52. The topological polar surface area (TPSA) is 194 Å². The number of anilines is 1. The zero-order valence-electron chi connectivity index (χ0n) is 24.3. The van der Waals surface area contributed by atoms with Crippen LogP contribution in [0.4, 0.5) is 5.69 Å². The smallest absolute Gasteiger partial charge is 0.264 e. The molecule has 6 rings (SSSR count). The van der Waals surface area contributed by atoms with Crippen LogP contribution in [0.1, 0.15) is 23.1 Å². The van der Waals surface area contributed by atoms with Gasteiger partial charge in [-0.15, -0.1) is 10.2 Å². The molecule has 6 aromatic rings. The Balaban J connectivity index is 0.977. The summed E-state index contributed by atoms with van der Waals surface area (Å²) in [6.45, 7) is 1.11. The van der Waals surface area contributed by atoms with Crippen molar-refractivity contribution in [2.75, 3.05) is 17.8 Å². The molecule has 0 bridgehead atoms. The minimum atomic E-state index is -3.83. The average Bonchev–Trinajstić information content (AvgIpc) is 3.81. The largest absolute Gasteiger partial charge is 0.484 e. The molecule has 3 aromatic carbocycles. The highest BCUT2D eigenvalue weighted by molar-refractivity contribution is 7.92. The number of aromatic nitrogens is 7. The fraction of sp³-hybridized carbons (Fsp3) is 0.161. The van der Waals surface area contributed by atoms with Gasteiger partial charge >= 0.3 is 0 Å². The van der Waals surface area contributed by atoms with Crippen molar-refractivity contribution in [1.82, 2.24) is 41.1 Å². The van der Waals surface area contributed by atoms with E-state index in [1.165, 1.54) is 12.1 Å². The van der Waals surface area contributed by atoms with Crippen molar-refractivity contribution < 1.29 is 22.8 Å². The summed E-state index contributed by atoms with van der Waals surface area (Å²) in [5.41, 5.74) is 3.60. The van der Waals surface area contributed by atoms with Crippen LogP contribution in [0, 0.1) is 0 Å². The predicted molar refractivity (Wildman–Crippen MR) is 167 cm³/mol. The molecule has 1 unspecified atom stereocenters. The number of aliphatic hydroxyl groups excluding tert-OH is 1. The monoisotopic (exact) mass is 639 g/mol. The Morgan fingerprint density at radius 2 is 1.70 bits per heavy atom. The number of nitrogens with zero attached hydrogens (tertiary/aromatic N) is 6. The number of ether oxygens (including phenoxy) is 1. The first-order valence-corrected chi connectivity index (χ1v) is 15.7. The van der Waals surface area contributed by atoms with Gasteiger partial charge in [0.05, 0.1) is 11.0 Å². The Morgan fingerprint density at radius 1 is 0.935 bits per heavy atom. The second kappa shape index (κ2) is 14.1. The SMILES string of the molecule is O=S(=O)(Nc1ccc(CCNCC(O)c2cccnc2)cc1)c1ccc(-c2noc(COc3ccc(-c4nn[nH]n4)cc3)n2)cc1. The van der Waals surface area contributed by atoms with E-state index >= 15 is 0 Å². The molecule has 0 saturated carbocycles. The molecule has 234 valence electrons. The van der Waals surface area contributed by atoms with Crippen molar-refractivity contribution in [3.8, 4) is 28.5 Å². The number of H-pyrrole nitrogens is 1. The van der Waals surface area contributed by atoms with Gasteiger partial charge in [0.2, 0.25) is 11.6 Å². The quantitative estimate of drug-likeness (QED) is 0.127. The highest BCUT2D eigenvalue weighted by atomic mass is 32.2. The summed E-state index contributed by atoms with van der Waals surface area (Å²) in [6, 6.07) is 24.1. The van der Waals surface area contributed by atoms with Crippen molar-refractivity contribution in [2.24, 2.45) is 0 Å². The molecule has 0 aliphatic rings. The third kappa shape index (κ3) is 7.76. The van der Waals surface area contributed by atoms with Gasteiger partial charge in [-0.3, -0.25) is 9.71 Å². The van der Waals surface area contributed by atoms with E-state index in [0.29, 0.717) is 48.2 Å². The van der Waals surface area contributed by atoms with E-state index in [9.17, 15) is 13.5 Å². The van der Waals surface area contributed by atoms with Crippen LogP contribution in [0.25, 0.3) is 22.8 Å². The highest BCUT2D eigenvalue weighted by Gasteiger charge is 2.16. The van der Waals surface area contributed by atoms with Gasteiger partial charge in [0, 0.05) is 41.3 Å². The number of aromatic amines is 1. The number of sulfonamides is 1. The van der Waals surface area contributed by atoms with Gasteiger partial charge in [-0.25, -0.2) is 8.42 Å². The summed E-state index contributed by atoms with van der Waals surface area (Å²) in [6.07, 6.45) is 3.39. The van der Waals surface area contributed by atoms with E-state index in [1.54, 1.807) is 67.0 Å². The van der Waals surface area contributed by atoms with E-state index in [2.05, 4.69) is 45.8 Å².